The summed E-state index contributed by atoms with van der Waals surface area (Å²) in [7, 11) is 0. The summed E-state index contributed by atoms with van der Waals surface area (Å²) in [5.41, 5.74) is 2.37. The Morgan fingerprint density at radius 3 is 2.67 bits per heavy atom. The molecule has 0 saturated heterocycles. The van der Waals surface area contributed by atoms with Gasteiger partial charge < -0.3 is 5.32 Å². The molecule has 4 heteroatoms. The van der Waals surface area contributed by atoms with Gasteiger partial charge in [-0.1, -0.05) is 24.3 Å². The first-order valence-corrected chi connectivity index (χ1v) is 7.03. The molecule has 2 rings (SSSR count). The highest BCUT2D eigenvalue weighted by Gasteiger charge is 2.08. The Morgan fingerprint density at radius 1 is 1.17 bits per heavy atom. The van der Waals surface area contributed by atoms with Crippen molar-refractivity contribution in [3.8, 4) is 0 Å². The standard InChI is InChI=1S/C14H11ClINO/c15-9-10-4-3-5-11(8-10)14(18)17-13-7-2-1-6-12(13)16/h1-8H,9H2,(H,17,18). The van der Waals surface area contributed by atoms with Gasteiger partial charge in [-0.15, -0.1) is 11.6 Å². The molecule has 0 aromatic heterocycles. The average Bonchev–Trinajstić information content (AvgIpc) is 2.41. The van der Waals surface area contributed by atoms with Crippen molar-refractivity contribution < 1.29 is 4.79 Å². The summed E-state index contributed by atoms with van der Waals surface area (Å²) in [6.07, 6.45) is 0. The lowest BCUT2D eigenvalue weighted by Crippen LogP contribution is -2.12. The molecule has 0 atom stereocenters. The third-order valence-corrected chi connectivity index (χ3v) is 3.71. The number of hydrogen-bond acceptors (Lipinski definition) is 1. The molecule has 1 N–H and O–H groups in total. The maximum Gasteiger partial charge on any atom is 0.255 e. The first-order chi connectivity index (χ1) is 8.70. The molecule has 0 saturated carbocycles. The minimum atomic E-state index is -0.119. The van der Waals surface area contributed by atoms with E-state index in [0.29, 0.717) is 11.4 Å². The van der Waals surface area contributed by atoms with E-state index in [-0.39, 0.29) is 5.91 Å². The van der Waals surface area contributed by atoms with E-state index in [0.717, 1.165) is 14.8 Å². The summed E-state index contributed by atoms with van der Waals surface area (Å²) < 4.78 is 1.01. The number of carbonyl (C=O) groups excluding carboxylic acids is 1. The number of rotatable bonds is 3. The lowest BCUT2D eigenvalue weighted by molar-refractivity contribution is 0.102. The van der Waals surface area contributed by atoms with E-state index in [1.54, 1.807) is 12.1 Å². The lowest BCUT2D eigenvalue weighted by atomic mass is 10.1. The molecular formula is C14H11ClINO. The molecule has 0 bridgehead atoms. The Kier molecular flexibility index (Phi) is 4.60. The van der Waals surface area contributed by atoms with Gasteiger partial charge in [-0.05, 0) is 52.4 Å². The van der Waals surface area contributed by atoms with Gasteiger partial charge in [0.25, 0.3) is 5.91 Å². The molecule has 2 nitrogen and oxygen atoms in total. The molecule has 0 aliphatic heterocycles. The highest BCUT2D eigenvalue weighted by Crippen LogP contribution is 2.18. The van der Waals surface area contributed by atoms with E-state index in [9.17, 15) is 4.79 Å². The van der Waals surface area contributed by atoms with Crippen LogP contribution in [0, 0.1) is 3.57 Å². The van der Waals surface area contributed by atoms with Crippen molar-refractivity contribution >= 4 is 45.8 Å². The van der Waals surface area contributed by atoms with Crippen molar-refractivity contribution in [2.24, 2.45) is 0 Å². The molecule has 0 aliphatic carbocycles. The van der Waals surface area contributed by atoms with Crippen LogP contribution in [0.15, 0.2) is 48.5 Å². The molecule has 2 aromatic carbocycles. The monoisotopic (exact) mass is 371 g/mol. The fraction of sp³-hybridized carbons (Fsp3) is 0.0714. The van der Waals surface area contributed by atoms with Crippen molar-refractivity contribution in [3.63, 3.8) is 0 Å². The fourth-order valence-electron chi connectivity index (χ4n) is 1.55. The van der Waals surface area contributed by atoms with Gasteiger partial charge in [-0.3, -0.25) is 4.79 Å². The number of halogens is 2. The number of nitrogens with one attached hydrogen (secondary N) is 1. The summed E-state index contributed by atoms with van der Waals surface area (Å²) >= 11 is 7.95. The van der Waals surface area contributed by atoms with Gasteiger partial charge in [0.1, 0.15) is 0 Å². The Morgan fingerprint density at radius 2 is 1.94 bits per heavy atom. The van der Waals surface area contributed by atoms with E-state index in [2.05, 4.69) is 27.9 Å². The van der Waals surface area contributed by atoms with Gasteiger partial charge in [0.05, 0.1) is 5.69 Å². The molecule has 0 fully saturated rings. The van der Waals surface area contributed by atoms with Crippen LogP contribution in [0.3, 0.4) is 0 Å². The van der Waals surface area contributed by atoms with Gasteiger partial charge in [-0.2, -0.15) is 0 Å². The molecule has 0 heterocycles. The van der Waals surface area contributed by atoms with Crippen LogP contribution in [0.1, 0.15) is 15.9 Å². The van der Waals surface area contributed by atoms with Crippen molar-refractivity contribution in [2.45, 2.75) is 5.88 Å². The zero-order valence-electron chi connectivity index (χ0n) is 9.49. The van der Waals surface area contributed by atoms with E-state index in [1.807, 2.05) is 36.4 Å². The maximum atomic E-state index is 12.1. The van der Waals surface area contributed by atoms with Crippen LogP contribution in [0.25, 0.3) is 0 Å². The Labute approximate surface area is 124 Å². The number of anilines is 1. The highest BCUT2D eigenvalue weighted by molar-refractivity contribution is 14.1. The van der Waals surface area contributed by atoms with Crippen LogP contribution in [-0.2, 0) is 5.88 Å². The van der Waals surface area contributed by atoms with Crippen molar-refractivity contribution in [2.75, 3.05) is 5.32 Å². The number of para-hydroxylation sites is 1. The second kappa shape index (κ2) is 6.20. The predicted octanol–water partition coefficient (Wildman–Crippen LogP) is 4.28. The highest BCUT2D eigenvalue weighted by atomic mass is 127. The molecule has 0 spiro atoms. The minimum Gasteiger partial charge on any atom is -0.321 e. The molecule has 92 valence electrons. The number of alkyl halides is 1. The van der Waals surface area contributed by atoms with Crippen molar-refractivity contribution in [3.05, 3.63) is 63.2 Å². The lowest BCUT2D eigenvalue weighted by Gasteiger charge is -2.07. The van der Waals surface area contributed by atoms with E-state index >= 15 is 0 Å². The molecule has 2 aromatic rings. The van der Waals surface area contributed by atoms with Crippen LogP contribution in [-0.4, -0.2) is 5.91 Å². The van der Waals surface area contributed by atoms with Crippen molar-refractivity contribution in [1.82, 2.24) is 0 Å². The smallest absolute Gasteiger partial charge is 0.255 e. The van der Waals surface area contributed by atoms with E-state index < -0.39 is 0 Å². The average molecular weight is 372 g/mol. The number of benzene rings is 2. The summed E-state index contributed by atoms with van der Waals surface area (Å²) in [6, 6.07) is 15.0. The zero-order valence-corrected chi connectivity index (χ0v) is 12.4. The predicted molar refractivity (Wildman–Crippen MR) is 83.1 cm³/mol. The molecule has 0 radical (unpaired) electrons. The van der Waals surface area contributed by atoms with Gasteiger partial charge in [-0.25, -0.2) is 0 Å². The number of hydrogen-bond donors (Lipinski definition) is 1. The first kappa shape index (κ1) is 13.4. The van der Waals surface area contributed by atoms with Gasteiger partial charge in [0.15, 0.2) is 0 Å². The third kappa shape index (κ3) is 3.23. The van der Waals surface area contributed by atoms with E-state index in [4.69, 9.17) is 11.6 Å². The largest absolute Gasteiger partial charge is 0.321 e. The fourth-order valence-corrected chi connectivity index (χ4v) is 2.24. The molecule has 0 unspecified atom stereocenters. The van der Waals surface area contributed by atoms with E-state index in [1.165, 1.54) is 0 Å². The van der Waals surface area contributed by atoms with Crippen LogP contribution in [0.5, 0.6) is 0 Å². The maximum absolute atomic E-state index is 12.1. The number of carbonyl (C=O) groups is 1. The summed E-state index contributed by atoms with van der Waals surface area (Å²) in [6.45, 7) is 0. The SMILES string of the molecule is O=C(Nc1ccccc1I)c1cccc(CCl)c1. The molecule has 18 heavy (non-hydrogen) atoms. The Bertz CT molecular complexity index is 571. The summed E-state index contributed by atoms with van der Waals surface area (Å²) in [4.78, 5) is 12.1. The first-order valence-electron chi connectivity index (χ1n) is 5.41. The van der Waals surface area contributed by atoms with Gasteiger partial charge in [0.2, 0.25) is 0 Å². The topological polar surface area (TPSA) is 29.1 Å². The van der Waals surface area contributed by atoms with Crippen LogP contribution in [0.2, 0.25) is 0 Å². The van der Waals surface area contributed by atoms with Crippen LogP contribution >= 0.6 is 34.2 Å². The van der Waals surface area contributed by atoms with Crippen molar-refractivity contribution in [1.29, 1.82) is 0 Å². The Hall–Kier alpha value is -1.07. The minimum absolute atomic E-state index is 0.119. The van der Waals surface area contributed by atoms with Gasteiger partial charge in [0, 0.05) is 15.0 Å². The number of amides is 1. The normalized spacial score (nSPS) is 10.1. The quantitative estimate of drug-likeness (QED) is 0.633. The molecular weight excluding hydrogens is 361 g/mol. The third-order valence-electron chi connectivity index (χ3n) is 2.47. The van der Waals surface area contributed by atoms with Crippen LogP contribution in [0.4, 0.5) is 5.69 Å². The zero-order chi connectivity index (χ0) is 13.0. The van der Waals surface area contributed by atoms with Gasteiger partial charge >= 0.3 is 0 Å². The molecule has 1 amide bonds. The molecule has 0 aliphatic rings. The Balaban J connectivity index is 2.19. The summed E-state index contributed by atoms with van der Waals surface area (Å²) in [5, 5.41) is 2.89. The second-order valence-corrected chi connectivity index (χ2v) is 5.20. The second-order valence-electron chi connectivity index (χ2n) is 3.77. The summed E-state index contributed by atoms with van der Waals surface area (Å²) in [5.74, 6) is 0.287. The van der Waals surface area contributed by atoms with Crippen LogP contribution < -0.4 is 5.32 Å².